The summed E-state index contributed by atoms with van der Waals surface area (Å²) in [6, 6.07) is 3.06. The highest BCUT2D eigenvalue weighted by Crippen LogP contribution is 2.22. The van der Waals surface area contributed by atoms with E-state index in [1.807, 2.05) is 0 Å². The van der Waals surface area contributed by atoms with Crippen molar-refractivity contribution in [2.45, 2.75) is 12.8 Å². The quantitative estimate of drug-likeness (QED) is 0.807. The van der Waals surface area contributed by atoms with Gasteiger partial charge in [0.05, 0.1) is 0 Å². The molecular formula is C12H16ClN3O2. The lowest BCUT2D eigenvalue weighted by atomic mass is 10.1. The van der Waals surface area contributed by atoms with E-state index in [1.54, 1.807) is 4.90 Å². The van der Waals surface area contributed by atoms with Gasteiger partial charge in [-0.3, -0.25) is 4.79 Å². The van der Waals surface area contributed by atoms with Crippen LogP contribution in [0.15, 0.2) is 12.1 Å². The Morgan fingerprint density at radius 1 is 1.61 bits per heavy atom. The highest BCUT2D eigenvalue weighted by molar-refractivity contribution is 6.29. The third-order valence-electron chi connectivity index (χ3n) is 3.17. The van der Waals surface area contributed by atoms with Crippen LogP contribution in [0.4, 0.5) is 5.82 Å². The summed E-state index contributed by atoms with van der Waals surface area (Å²) < 4.78 is 0. The molecule has 5 nitrogen and oxygen atoms in total. The van der Waals surface area contributed by atoms with E-state index in [9.17, 15) is 4.79 Å². The maximum Gasteiger partial charge on any atom is 0.254 e. The van der Waals surface area contributed by atoms with Crippen molar-refractivity contribution in [3.63, 3.8) is 0 Å². The predicted octanol–water partition coefficient (Wildman–Crippen LogP) is 1.16. The molecule has 0 radical (unpaired) electrons. The van der Waals surface area contributed by atoms with Crippen LogP contribution in [-0.2, 0) is 0 Å². The Kier molecular flexibility index (Phi) is 4.04. The van der Waals surface area contributed by atoms with Gasteiger partial charge in [0.25, 0.3) is 5.91 Å². The number of aliphatic hydroxyl groups excluding tert-OH is 1. The fraction of sp³-hybridized carbons (Fsp3) is 0.500. The summed E-state index contributed by atoms with van der Waals surface area (Å²) in [6.07, 6.45) is 1.67. The molecule has 1 saturated heterocycles. The number of aromatic nitrogens is 1. The summed E-state index contributed by atoms with van der Waals surface area (Å²) in [4.78, 5) is 17.8. The van der Waals surface area contributed by atoms with E-state index in [2.05, 4.69) is 4.98 Å². The fourth-order valence-electron chi connectivity index (χ4n) is 2.26. The molecule has 1 aliphatic rings. The lowest BCUT2D eigenvalue weighted by Gasteiger charge is -2.16. The van der Waals surface area contributed by atoms with Gasteiger partial charge < -0.3 is 15.7 Å². The number of hydrogen-bond acceptors (Lipinski definition) is 4. The number of likely N-dealkylation sites (tertiary alicyclic amines) is 1. The van der Waals surface area contributed by atoms with E-state index in [1.165, 1.54) is 12.1 Å². The van der Waals surface area contributed by atoms with E-state index >= 15 is 0 Å². The second-order valence-corrected chi connectivity index (χ2v) is 4.91. The predicted molar refractivity (Wildman–Crippen MR) is 69.4 cm³/mol. The maximum absolute atomic E-state index is 12.2. The van der Waals surface area contributed by atoms with E-state index in [-0.39, 0.29) is 23.5 Å². The third-order valence-corrected chi connectivity index (χ3v) is 3.36. The first-order valence-electron chi connectivity index (χ1n) is 5.93. The first kappa shape index (κ1) is 13.1. The van der Waals surface area contributed by atoms with Gasteiger partial charge in [0.2, 0.25) is 0 Å². The molecule has 6 heteroatoms. The lowest BCUT2D eigenvalue weighted by Crippen LogP contribution is -2.29. The van der Waals surface area contributed by atoms with E-state index in [0.29, 0.717) is 24.6 Å². The molecule has 1 unspecified atom stereocenters. The number of aliphatic hydroxyl groups is 1. The van der Waals surface area contributed by atoms with Crippen molar-refractivity contribution in [3.05, 3.63) is 22.8 Å². The number of carbonyl (C=O) groups is 1. The standard InChI is InChI=1S/C12H16ClN3O2/c13-10-5-9(6-11(14)15-10)12(18)16-3-1-8(7-16)2-4-17/h5-6,8,17H,1-4,7H2,(H2,14,15). The minimum Gasteiger partial charge on any atom is -0.396 e. The van der Waals surface area contributed by atoms with E-state index in [4.69, 9.17) is 22.4 Å². The second-order valence-electron chi connectivity index (χ2n) is 4.52. The summed E-state index contributed by atoms with van der Waals surface area (Å²) in [5.74, 6) is 0.553. The average molecular weight is 270 g/mol. The zero-order valence-corrected chi connectivity index (χ0v) is 10.7. The molecule has 18 heavy (non-hydrogen) atoms. The van der Waals surface area contributed by atoms with Crippen LogP contribution in [0, 0.1) is 5.92 Å². The number of carbonyl (C=O) groups excluding carboxylic acids is 1. The van der Waals surface area contributed by atoms with Crippen LogP contribution in [0.1, 0.15) is 23.2 Å². The smallest absolute Gasteiger partial charge is 0.254 e. The van der Waals surface area contributed by atoms with Gasteiger partial charge in [0, 0.05) is 25.3 Å². The molecule has 1 aromatic rings. The number of nitrogens with zero attached hydrogens (tertiary/aromatic N) is 2. The lowest BCUT2D eigenvalue weighted by molar-refractivity contribution is 0.0784. The van der Waals surface area contributed by atoms with Gasteiger partial charge in [-0.1, -0.05) is 11.6 Å². The molecule has 0 spiro atoms. The largest absolute Gasteiger partial charge is 0.396 e. The Labute approximate surface area is 111 Å². The van der Waals surface area contributed by atoms with Gasteiger partial charge >= 0.3 is 0 Å². The van der Waals surface area contributed by atoms with E-state index in [0.717, 1.165) is 12.8 Å². The summed E-state index contributed by atoms with van der Waals surface area (Å²) in [7, 11) is 0. The molecule has 0 aliphatic carbocycles. The number of halogens is 1. The molecule has 0 aromatic carbocycles. The van der Waals surface area contributed by atoms with Crippen LogP contribution in [0.25, 0.3) is 0 Å². The van der Waals surface area contributed by atoms with Crippen LogP contribution < -0.4 is 5.73 Å². The van der Waals surface area contributed by atoms with Crippen molar-refractivity contribution in [1.29, 1.82) is 0 Å². The van der Waals surface area contributed by atoms with Crippen molar-refractivity contribution >= 4 is 23.3 Å². The zero-order chi connectivity index (χ0) is 13.1. The number of amides is 1. The number of nitrogens with two attached hydrogens (primary N) is 1. The van der Waals surface area contributed by atoms with Crippen molar-refractivity contribution < 1.29 is 9.90 Å². The molecule has 1 aromatic heterocycles. The van der Waals surface area contributed by atoms with Gasteiger partial charge in [-0.25, -0.2) is 4.98 Å². The monoisotopic (exact) mass is 269 g/mol. The minimum absolute atomic E-state index is 0.0774. The highest BCUT2D eigenvalue weighted by Gasteiger charge is 2.26. The molecule has 98 valence electrons. The van der Waals surface area contributed by atoms with Gasteiger partial charge in [-0.05, 0) is 30.9 Å². The molecule has 2 heterocycles. The third kappa shape index (κ3) is 2.91. The molecule has 0 saturated carbocycles. The van der Waals surface area contributed by atoms with Crippen LogP contribution in [0.3, 0.4) is 0 Å². The Balaban J connectivity index is 2.08. The Bertz CT molecular complexity index is 433. The summed E-state index contributed by atoms with van der Waals surface area (Å²) in [5.41, 5.74) is 6.04. The number of pyridine rings is 1. The topological polar surface area (TPSA) is 79.5 Å². The molecular weight excluding hydrogens is 254 g/mol. The Hall–Kier alpha value is -1.33. The fourth-order valence-corrected chi connectivity index (χ4v) is 2.47. The maximum atomic E-state index is 12.2. The van der Waals surface area contributed by atoms with Crippen molar-refractivity contribution in [2.75, 3.05) is 25.4 Å². The van der Waals surface area contributed by atoms with Crippen molar-refractivity contribution in [2.24, 2.45) is 5.92 Å². The van der Waals surface area contributed by atoms with Crippen molar-refractivity contribution in [1.82, 2.24) is 9.88 Å². The van der Waals surface area contributed by atoms with Crippen LogP contribution in [0.5, 0.6) is 0 Å². The first-order valence-corrected chi connectivity index (χ1v) is 6.31. The molecule has 1 atom stereocenters. The van der Waals surface area contributed by atoms with Gasteiger partial charge in [0.1, 0.15) is 11.0 Å². The van der Waals surface area contributed by atoms with Crippen molar-refractivity contribution in [3.8, 4) is 0 Å². The number of anilines is 1. The van der Waals surface area contributed by atoms with Crippen LogP contribution in [0.2, 0.25) is 5.15 Å². The molecule has 2 rings (SSSR count). The van der Waals surface area contributed by atoms with Gasteiger partial charge in [0.15, 0.2) is 0 Å². The van der Waals surface area contributed by atoms with Gasteiger partial charge in [-0.2, -0.15) is 0 Å². The molecule has 1 fully saturated rings. The van der Waals surface area contributed by atoms with Crippen LogP contribution in [-0.4, -0.2) is 40.6 Å². The average Bonchev–Trinajstić information content (AvgIpc) is 2.76. The second kappa shape index (κ2) is 5.54. The summed E-state index contributed by atoms with van der Waals surface area (Å²) >= 11 is 5.78. The molecule has 1 amide bonds. The zero-order valence-electron chi connectivity index (χ0n) is 9.97. The molecule has 3 N–H and O–H groups in total. The minimum atomic E-state index is -0.0774. The van der Waals surface area contributed by atoms with Gasteiger partial charge in [-0.15, -0.1) is 0 Å². The SMILES string of the molecule is Nc1cc(C(=O)N2CCC(CCO)C2)cc(Cl)n1. The highest BCUT2D eigenvalue weighted by atomic mass is 35.5. The molecule has 0 bridgehead atoms. The number of rotatable bonds is 3. The summed E-state index contributed by atoms with van der Waals surface area (Å²) in [6.45, 7) is 1.56. The first-order chi connectivity index (χ1) is 8.60. The van der Waals surface area contributed by atoms with E-state index < -0.39 is 0 Å². The normalized spacial score (nSPS) is 19.2. The Morgan fingerprint density at radius 2 is 2.39 bits per heavy atom. The number of nitrogen functional groups attached to an aromatic ring is 1. The van der Waals surface area contributed by atoms with Crippen LogP contribution >= 0.6 is 11.6 Å². The number of hydrogen-bond donors (Lipinski definition) is 2. The summed E-state index contributed by atoms with van der Waals surface area (Å²) in [5, 5.41) is 9.12. The Morgan fingerprint density at radius 3 is 3.06 bits per heavy atom. The molecule has 1 aliphatic heterocycles.